The molecular weight excluding hydrogens is 248 g/mol. The van der Waals surface area contributed by atoms with Crippen LogP contribution in [0.25, 0.3) is 0 Å². The number of rotatable bonds is 4. The zero-order valence-electron chi connectivity index (χ0n) is 9.93. The molecule has 2 heterocycles. The van der Waals surface area contributed by atoms with Gasteiger partial charge in [-0.3, -0.25) is 0 Å². The average Bonchev–Trinajstić information content (AvgIpc) is 3.09. The summed E-state index contributed by atoms with van der Waals surface area (Å²) in [5.41, 5.74) is 3.64. The monoisotopic (exact) mass is 260 g/mol. The number of aliphatic hydroxyl groups is 1. The Bertz CT molecular complexity index is 556. The predicted octanol–water partition coefficient (Wildman–Crippen LogP) is -0.741. The first kappa shape index (κ1) is 11.6. The third kappa shape index (κ3) is 1.80. The number of hydrogen-bond donors (Lipinski definition) is 3. The number of H-pyrrole nitrogens is 1. The summed E-state index contributed by atoms with van der Waals surface area (Å²) in [5, 5.41) is 28.5. The highest BCUT2D eigenvalue weighted by Gasteiger charge is 2.45. The fourth-order valence-corrected chi connectivity index (χ4v) is 2.00. The summed E-state index contributed by atoms with van der Waals surface area (Å²) in [7, 11) is 0. The van der Waals surface area contributed by atoms with Crippen LogP contribution in [0.15, 0.2) is 35.4 Å². The van der Waals surface area contributed by atoms with E-state index in [1.807, 2.05) is 30.3 Å². The molecule has 0 fully saturated rings. The molecule has 1 radical (unpaired) electrons. The molecule has 1 atom stereocenters. The Kier molecular flexibility index (Phi) is 2.82. The van der Waals surface area contributed by atoms with Crippen molar-refractivity contribution in [1.82, 2.24) is 30.8 Å². The molecule has 1 aromatic heterocycles. The number of aromatic amines is 1. The van der Waals surface area contributed by atoms with E-state index in [4.69, 9.17) is 0 Å². The number of hydrazone groups is 1. The number of benzene rings is 1. The molecule has 1 aliphatic heterocycles. The first-order chi connectivity index (χ1) is 9.37. The van der Waals surface area contributed by atoms with Gasteiger partial charge in [-0.15, -0.1) is 4.59 Å². The standard InChI is InChI=1S/C10H12N8O/c19-7-6-18(9-4-2-1-3-5-9)8-11-16-17(18)10-12-14-15-13-10/h1-5,16,19H,6-7H2,(H,12,13,14,15)/q+1. The lowest BCUT2D eigenvalue weighted by Gasteiger charge is -2.33. The molecule has 3 N–H and O–H groups in total. The van der Waals surface area contributed by atoms with Gasteiger partial charge in [-0.25, -0.2) is 5.10 Å². The van der Waals surface area contributed by atoms with Gasteiger partial charge in [-0.1, -0.05) is 33.5 Å². The third-order valence-electron chi connectivity index (χ3n) is 2.84. The number of tetrazole rings is 1. The molecule has 0 amide bonds. The van der Waals surface area contributed by atoms with E-state index < -0.39 is 0 Å². The molecule has 9 heteroatoms. The van der Waals surface area contributed by atoms with Gasteiger partial charge in [0.15, 0.2) is 5.69 Å². The SMILES string of the molecule is OCC[N+]1(c2ccccc2)[C]=NNN1c1nnn[nH]1. The van der Waals surface area contributed by atoms with Gasteiger partial charge < -0.3 is 5.11 Å². The maximum absolute atomic E-state index is 9.35. The van der Waals surface area contributed by atoms with Crippen LogP contribution in [-0.4, -0.2) is 45.2 Å². The molecule has 0 aliphatic carbocycles. The van der Waals surface area contributed by atoms with Gasteiger partial charge in [0, 0.05) is 12.1 Å². The first-order valence-corrected chi connectivity index (χ1v) is 5.68. The molecule has 1 aromatic carbocycles. The highest BCUT2D eigenvalue weighted by Crippen LogP contribution is 2.27. The number of hydrazine groups is 1. The Morgan fingerprint density at radius 1 is 1.32 bits per heavy atom. The highest BCUT2D eigenvalue weighted by molar-refractivity contribution is 5.78. The number of aliphatic hydroxyl groups excluding tert-OH is 1. The van der Waals surface area contributed by atoms with Crippen molar-refractivity contribution < 1.29 is 5.11 Å². The van der Waals surface area contributed by atoms with Crippen molar-refractivity contribution in [2.24, 2.45) is 5.10 Å². The van der Waals surface area contributed by atoms with Crippen LogP contribution in [0.1, 0.15) is 0 Å². The molecule has 1 aliphatic rings. The number of hydrogen-bond acceptors (Lipinski definition) is 7. The van der Waals surface area contributed by atoms with E-state index in [2.05, 4.69) is 37.6 Å². The number of anilines is 1. The number of nitrogens with one attached hydrogen (secondary N) is 2. The lowest BCUT2D eigenvalue weighted by atomic mass is 10.3. The quantitative estimate of drug-likeness (QED) is 0.626. The Morgan fingerprint density at radius 3 is 2.84 bits per heavy atom. The summed E-state index contributed by atoms with van der Waals surface area (Å²) < 4.78 is 0.0359. The maximum atomic E-state index is 9.35. The molecule has 3 rings (SSSR count). The van der Waals surface area contributed by atoms with Gasteiger partial charge in [0.05, 0.1) is 6.61 Å². The number of nitrogens with zero attached hydrogens (tertiary/aromatic N) is 6. The van der Waals surface area contributed by atoms with E-state index in [1.165, 1.54) is 0 Å². The highest BCUT2D eigenvalue weighted by atomic mass is 16.3. The Hall–Kier alpha value is -2.52. The van der Waals surface area contributed by atoms with E-state index in [9.17, 15) is 5.11 Å². The molecule has 97 valence electrons. The van der Waals surface area contributed by atoms with Crippen molar-refractivity contribution in [3.63, 3.8) is 0 Å². The fourth-order valence-electron chi connectivity index (χ4n) is 2.00. The molecule has 1 unspecified atom stereocenters. The number of para-hydroxylation sites is 1. The van der Waals surface area contributed by atoms with Crippen LogP contribution in [0.2, 0.25) is 0 Å². The van der Waals surface area contributed by atoms with Gasteiger partial charge in [0.1, 0.15) is 6.54 Å². The van der Waals surface area contributed by atoms with E-state index in [-0.39, 0.29) is 11.2 Å². The number of aromatic nitrogens is 4. The minimum absolute atomic E-state index is 0.0359. The Morgan fingerprint density at radius 2 is 2.16 bits per heavy atom. The largest absolute Gasteiger partial charge is 0.390 e. The second-order valence-electron chi connectivity index (χ2n) is 3.90. The summed E-state index contributed by atoms with van der Waals surface area (Å²) in [6, 6.07) is 9.57. The van der Waals surface area contributed by atoms with Crippen molar-refractivity contribution in [2.45, 2.75) is 0 Å². The summed E-state index contributed by atoms with van der Waals surface area (Å²) in [5.74, 6) is 0.381. The van der Waals surface area contributed by atoms with Crippen LogP contribution in [0.4, 0.5) is 11.6 Å². The minimum atomic E-state index is -0.0445. The van der Waals surface area contributed by atoms with Crippen molar-refractivity contribution in [3.05, 3.63) is 30.3 Å². The van der Waals surface area contributed by atoms with E-state index in [0.717, 1.165) is 5.69 Å². The van der Waals surface area contributed by atoms with E-state index in [0.29, 0.717) is 12.5 Å². The summed E-state index contributed by atoms with van der Waals surface area (Å²) in [6.45, 7) is 0.304. The van der Waals surface area contributed by atoms with Crippen molar-refractivity contribution in [3.8, 4) is 0 Å². The fraction of sp³-hybridized carbons (Fsp3) is 0.200. The topological polar surface area (TPSA) is 102 Å². The zero-order chi connectivity index (χ0) is 13.1. The summed E-state index contributed by atoms with van der Waals surface area (Å²) in [6.07, 6.45) is 2.93. The van der Waals surface area contributed by atoms with E-state index >= 15 is 0 Å². The van der Waals surface area contributed by atoms with Gasteiger partial charge in [0.2, 0.25) is 0 Å². The summed E-state index contributed by atoms with van der Waals surface area (Å²) in [4.78, 5) is 0. The second kappa shape index (κ2) is 4.63. The van der Waals surface area contributed by atoms with Crippen molar-refractivity contribution >= 4 is 18.0 Å². The first-order valence-electron chi connectivity index (χ1n) is 5.68. The Balaban J connectivity index is 2.06. The van der Waals surface area contributed by atoms with Gasteiger partial charge in [0.25, 0.3) is 0 Å². The maximum Gasteiger partial charge on any atom is 0.366 e. The zero-order valence-corrected chi connectivity index (χ0v) is 9.93. The predicted molar refractivity (Wildman–Crippen MR) is 67.4 cm³/mol. The van der Waals surface area contributed by atoms with Crippen LogP contribution in [0, 0.1) is 0 Å². The average molecular weight is 260 g/mol. The van der Waals surface area contributed by atoms with Gasteiger partial charge in [-0.2, -0.15) is 5.53 Å². The van der Waals surface area contributed by atoms with Crippen LogP contribution in [0.3, 0.4) is 0 Å². The molecule has 19 heavy (non-hydrogen) atoms. The molecular formula is C10H12N8O+. The second-order valence-corrected chi connectivity index (χ2v) is 3.90. The van der Waals surface area contributed by atoms with Crippen LogP contribution < -0.4 is 15.2 Å². The van der Waals surface area contributed by atoms with Crippen molar-refractivity contribution in [1.29, 1.82) is 0 Å². The van der Waals surface area contributed by atoms with Crippen LogP contribution in [0.5, 0.6) is 0 Å². The van der Waals surface area contributed by atoms with Crippen molar-refractivity contribution in [2.75, 3.05) is 18.3 Å². The third-order valence-corrected chi connectivity index (χ3v) is 2.84. The molecule has 0 bridgehead atoms. The lowest BCUT2D eigenvalue weighted by Crippen LogP contribution is -2.62. The van der Waals surface area contributed by atoms with E-state index in [1.54, 1.807) is 5.12 Å². The smallest absolute Gasteiger partial charge is 0.366 e. The van der Waals surface area contributed by atoms with Gasteiger partial charge in [-0.05, 0) is 10.4 Å². The normalized spacial score (nSPS) is 21.6. The van der Waals surface area contributed by atoms with Crippen LogP contribution >= 0.6 is 0 Å². The van der Waals surface area contributed by atoms with Crippen LogP contribution in [-0.2, 0) is 0 Å². The molecule has 2 aromatic rings. The molecule has 0 saturated carbocycles. The summed E-state index contributed by atoms with van der Waals surface area (Å²) >= 11 is 0. The minimum Gasteiger partial charge on any atom is -0.390 e. The molecule has 0 saturated heterocycles. The van der Waals surface area contributed by atoms with Gasteiger partial charge >= 0.3 is 12.3 Å². The molecule has 0 spiro atoms. The Labute approximate surface area is 108 Å². The molecule has 9 nitrogen and oxygen atoms in total. The lowest BCUT2D eigenvalue weighted by molar-refractivity contribution is 0.241. The number of quaternary nitrogens is 1.